The van der Waals surface area contributed by atoms with Crippen LogP contribution < -0.4 is 11.1 Å². The van der Waals surface area contributed by atoms with E-state index < -0.39 is 11.6 Å². The van der Waals surface area contributed by atoms with Crippen molar-refractivity contribution in [3.05, 3.63) is 59.8 Å². The van der Waals surface area contributed by atoms with Crippen LogP contribution in [0.4, 0.5) is 20.4 Å². The number of nitrogens with zero attached hydrogens (tertiary/aromatic N) is 3. The van der Waals surface area contributed by atoms with Crippen molar-refractivity contribution in [1.82, 2.24) is 9.97 Å². The van der Waals surface area contributed by atoms with E-state index in [0.29, 0.717) is 5.52 Å². The molecule has 116 valence electrons. The molecule has 0 aliphatic carbocycles. The maximum Gasteiger partial charge on any atom is 0.253 e. The van der Waals surface area contributed by atoms with Crippen LogP contribution in [0, 0.1) is 18.6 Å². The van der Waals surface area contributed by atoms with Crippen LogP contribution in [0.5, 0.6) is 0 Å². The molecule has 3 rings (SSSR count). The zero-order valence-corrected chi connectivity index (χ0v) is 12.2. The second-order valence-corrected chi connectivity index (χ2v) is 4.84. The van der Waals surface area contributed by atoms with E-state index in [1.165, 1.54) is 6.07 Å². The minimum atomic E-state index is -0.765. The number of rotatable bonds is 2. The van der Waals surface area contributed by atoms with Gasteiger partial charge in [0.15, 0.2) is 0 Å². The SMILES string of the molecule is Cc1nc(/N=C(\N)Nc2c(F)cccc2F)nc2ccccc12. The molecule has 1 heterocycles. The van der Waals surface area contributed by atoms with Crippen molar-refractivity contribution in [2.24, 2.45) is 10.7 Å². The highest BCUT2D eigenvalue weighted by molar-refractivity contribution is 5.94. The standard InChI is InChI=1S/C16H13F2N5/c1-9-10-5-2-3-8-13(10)21-16(20-9)23-15(19)22-14-11(17)6-4-7-12(14)18/h2-8H,1H3,(H3,19,20,21,22,23). The molecule has 0 unspecified atom stereocenters. The van der Waals surface area contributed by atoms with Crippen LogP contribution in [0.15, 0.2) is 47.5 Å². The van der Waals surface area contributed by atoms with Crippen molar-refractivity contribution >= 4 is 28.5 Å². The Balaban J connectivity index is 1.95. The van der Waals surface area contributed by atoms with Crippen molar-refractivity contribution in [1.29, 1.82) is 0 Å². The minimum absolute atomic E-state index is 0.114. The highest BCUT2D eigenvalue weighted by atomic mass is 19.1. The van der Waals surface area contributed by atoms with Gasteiger partial charge in [0, 0.05) is 5.39 Å². The highest BCUT2D eigenvalue weighted by Gasteiger charge is 2.10. The number of para-hydroxylation sites is 2. The van der Waals surface area contributed by atoms with Crippen molar-refractivity contribution in [3.63, 3.8) is 0 Å². The topological polar surface area (TPSA) is 76.2 Å². The average Bonchev–Trinajstić information content (AvgIpc) is 2.51. The van der Waals surface area contributed by atoms with E-state index in [2.05, 4.69) is 20.3 Å². The maximum atomic E-state index is 13.6. The number of guanidine groups is 1. The van der Waals surface area contributed by atoms with E-state index in [4.69, 9.17) is 5.73 Å². The van der Waals surface area contributed by atoms with E-state index in [1.54, 1.807) is 0 Å². The number of hydrogen-bond donors (Lipinski definition) is 2. The molecule has 0 amide bonds. The number of nitrogens with one attached hydrogen (secondary N) is 1. The smallest absolute Gasteiger partial charge is 0.253 e. The number of hydrogen-bond acceptors (Lipinski definition) is 3. The lowest BCUT2D eigenvalue weighted by molar-refractivity contribution is 0.591. The summed E-state index contributed by atoms with van der Waals surface area (Å²) in [6, 6.07) is 11.0. The Hall–Kier alpha value is -3.09. The van der Waals surface area contributed by atoms with E-state index in [1.807, 2.05) is 31.2 Å². The van der Waals surface area contributed by atoms with Gasteiger partial charge in [-0.3, -0.25) is 0 Å². The van der Waals surface area contributed by atoms with Crippen LogP contribution in [0.25, 0.3) is 10.9 Å². The Kier molecular flexibility index (Phi) is 3.84. The van der Waals surface area contributed by atoms with E-state index >= 15 is 0 Å². The van der Waals surface area contributed by atoms with E-state index in [9.17, 15) is 8.78 Å². The first-order valence-corrected chi connectivity index (χ1v) is 6.83. The number of aromatic nitrogens is 2. The number of aliphatic imine (C=N–C) groups is 1. The molecule has 0 spiro atoms. The van der Waals surface area contributed by atoms with Gasteiger partial charge in [-0.25, -0.2) is 18.7 Å². The van der Waals surface area contributed by atoms with Gasteiger partial charge in [0.05, 0.1) is 11.2 Å². The van der Waals surface area contributed by atoms with Gasteiger partial charge in [0.2, 0.25) is 5.96 Å². The first-order valence-electron chi connectivity index (χ1n) is 6.83. The molecule has 3 N–H and O–H groups in total. The quantitative estimate of drug-likeness (QED) is 0.562. The fourth-order valence-electron chi connectivity index (χ4n) is 2.15. The van der Waals surface area contributed by atoms with Gasteiger partial charge in [-0.1, -0.05) is 24.3 Å². The van der Waals surface area contributed by atoms with Crippen LogP contribution in [0.1, 0.15) is 5.69 Å². The first-order chi connectivity index (χ1) is 11.0. The van der Waals surface area contributed by atoms with Gasteiger partial charge in [0.25, 0.3) is 5.95 Å². The molecule has 23 heavy (non-hydrogen) atoms. The van der Waals surface area contributed by atoms with Crippen molar-refractivity contribution in [2.45, 2.75) is 6.92 Å². The molecule has 0 saturated heterocycles. The summed E-state index contributed by atoms with van der Waals surface area (Å²) in [5, 5.41) is 3.29. The molecular formula is C16H13F2N5. The Bertz CT molecular complexity index is 888. The van der Waals surface area contributed by atoms with Crippen LogP contribution in [-0.2, 0) is 0 Å². The Morgan fingerprint density at radius 2 is 1.74 bits per heavy atom. The molecule has 0 saturated carbocycles. The van der Waals surface area contributed by atoms with E-state index in [0.717, 1.165) is 23.2 Å². The third kappa shape index (κ3) is 3.08. The molecule has 0 aliphatic rings. The fraction of sp³-hybridized carbons (Fsp3) is 0.0625. The Morgan fingerprint density at radius 3 is 2.48 bits per heavy atom. The summed E-state index contributed by atoms with van der Waals surface area (Å²) in [6.07, 6.45) is 0. The number of fused-ring (bicyclic) bond motifs is 1. The zero-order chi connectivity index (χ0) is 16.4. The summed E-state index contributed by atoms with van der Waals surface area (Å²) in [5.41, 5.74) is 6.77. The number of benzene rings is 2. The lowest BCUT2D eigenvalue weighted by atomic mass is 10.2. The Morgan fingerprint density at radius 1 is 1.04 bits per heavy atom. The van der Waals surface area contributed by atoms with Crippen molar-refractivity contribution in [3.8, 4) is 0 Å². The summed E-state index contributed by atoms with van der Waals surface area (Å²) in [7, 11) is 0. The number of halogens is 2. The maximum absolute atomic E-state index is 13.6. The van der Waals surface area contributed by atoms with E-state index in [-0.39, 0.29) is 17.6 Å². The normalized spacial score (nSPS) is 11.7. The average molecular weight is 313 g/mol. The lowest BCUT2D eigenvalue weighted by Crippen LogP contribution is -2.23. The fourth-order valence-corrected chi connectivity index (χ4v) is 2.15. The van der Waals surface area contributed by atoms with Gasteiger partial charge in [-0.2, -0.15) is 4.99 Å². The molecule has 0 atom stereocenters. The lowest BCUT2D eigenvalue weighted by Gasteiger charge is -2.08. The second-order valence-electron chi connectivity index (χ2n) is 4.84. The monoisotopic (exact) mass is 313 g/mol. The molecule has 0 fully saturated rings. The molecule has 1 aromatic heterocycles. The molecule has 5 nitrogen and oxygen atoms in total. The molecule has 7 heteroatoms. The van der Waals surface area contributed by atoms with Crippen LogP contribution in [0.2, 0.25) is 0 Å². The second kappa shape index (κ2) is 5.96. The number of aryl methyl sites for hydroxylation is 1. The Labute approximate surface area is 130 Å². The summed E-state index contributed by atoms with van der Waals surface area (Å²) in [4.78, 5) is 12.5. The largest absolute Gasteiger partial charge is 0.369 e. The highest BCUT2D eigenvalue weighted by Crippen LogP contribution is 2.20. The predicted molar refractivity (Wildman–Crippen MR) is 85.5 cm³/mol. The molecule has 0 radical (unpaired) electrons. The van der Waals surface area contributed by atoms with Crippen LogP contribution in [-0.4, -0.2) is 15.9 Å². The van der Waals surface area contributed by atoms with Crippen molar-refractivity contribution < 1.29 is 8.78 Å². The van der Waals surface area contributed by atoms with Crippen LogP contribution in [0.3, 0.4) is 0 Å². The summed E-state index contributed by atoms with van der Waals surface area (Å²) < 4.78 is 27.2. The molecule has 3 aromatic rings. The molecule has 0 bridgehead atoms. The predicted octanol–water partition coefficient (Wildman–Crippen LogP) is 3.27. The van der Waals surface area contributed by atoms with Gasteiger partial charge < -0.3 is 11.1 Å². The van der Waals surface area contributed by atoms with Gasteiger partial charge >= 0.3 is 0 Å². The number of anilines is 1. The molecular weight excluding hydrogens is 300 g/mol. The summed E-state index contributed by atoms with van der Waals surface area (Å²) >= 11 is 0. The third-order valence-corrected chi connectivity index (χ3v) is 3.22. The minimum Gasteiger partial charge on any atom is -0.369 e. The van der Waals surface area contributed by atoms with Gasteiger partial charge in [-0.15, -0.1) is 0 Å². The van der Waals surface area contributed by atoms with Gasteiger partial charge in [0.1, 0.15) is 17.3 Å². The van der Waals surface area contributed by atoms with Gasteiger partial charge in [-0.05, 0) is 25.1 Å². The first kappa shape index (κ1) is 14.8. The van der Waals surface area contributed by atoms with Crippen LogP contribution >= 0.6 is 0 Å². The zero-order valence-electron chi connectivity index (χ0n) is 12.2. The molecule has 2 aromatic carbocycles. The summed E-state index contributed by atoms with van der Waals surface area (Å²) in [6.45, 7) is 1.82. The van der Waals surface area contributed by atoms with Crippen molar-refractivity contribution in [2.75, 3.05) is 5.32 Å². The molecule has 0 aliphatic heterocycles. The number of nitrogens with two attached hydrogens (primary N) is 1. The summed E-state index contributed by atoms with van der Waals surface area (Å²) in [5.74, 6) is -1.62. The third-order valence-electron chi connectivity index (χ3n) is 3.22.